The Labute approximate surface area is 162 Å². The molecule has 6 nitrogen and oxygen atoms in total. The number of nitrogens with zero attached hydrogens (tertiary/aromatic N) is 1. The molecular formula is C20H19ClN2O4. The number of rotatable bonds is 5. The van der Waals surface area contributed by atoms with Gasteiger partial charge in [-0.05, 0) is 61.9 Å². The Balaban J connectivity index is 1.58. The third kappa shape index (κ3) is 4.65. The molecule has 1 N–H and O–H groups in total. The summed E-state index contributed by atoms with van der Waals surface area (Å²) in [4.78, 5) is 37.9. The Morgan fingerprint density at radius 2 is 1.78 bits per heavy atom. The summed E-state index contributed by atoms with van der Waals surface area (Å²) in [6.45, 7) is 2.19. The van der Waals surface area contributed by atoms with Crippen LogP contribution in [0.5, 0.6) is 0 Å². The van der Waals surface area contributed by atoms with Crippen molar-refractivity contribution in [1.29, 1.82) is 0 Å². The van der Waals surface area contributed by atoms with Gasteiger partial charge in [0.25, 0.3) is 5.91 Å². The fraction of sp³-hybridized carbons (Fsp3) is 0.250. The summed E-state index contributed by atoms with van der Waals surface area (Å²) in [6.07, 6.45) is 0.417. The van der Waals surface area contributed by atoms with Gasteiger partial charge in [-0.2, -0.15) is 0 Å². The van der Waals surface area contributed by atoms with E-state index in [-0.39, 0.29) is 5.91 Å². The van der Waals surface area contributed by atoms with Crippen LogP contribution in [0.15, 0.2) is 48.5 Å². The average molecular weight is 387 g/mol. The monoisotopic (exact) mass is 386 g/mol. The van der Waals surface area contributed by atoms with E-state index in [1.54, 1.807) is 53.4 Å². The third-order valence-corrected chi connectivity index (χ3v) is 4.50. The quantitative estimate of drug-likeness (QED) is 0.796. The van der Waals surface area contributed by atoms with Gasteiger partial charge in [-0.3, -0.25) is 9.59 Å². The first-order valence-corrected chi connectivity index (χ1v) is 8.99. The molecule has 1 aliphatic heterocycles. The lowest BCUT2D eigenvalue weighted by Crippen LogP contribution is -2.30. The highest BCUT2D eigenvalue weighted by Crippen LogP contribution is 2.22. The summed E-state index contributed by atoms with van der Waals surface area (Å²) in [6, 6.07) is 13.2. The first-order valence-electron chi connectivity index (χ1n) is 8.62. The molecular weight excluding hydrogens is 368 g/mol. The van der Waals surface area contributed by atoms with E-state index in [2.05, 4.69) is 5.32 Å². The summed E-state index contributed by atoms with van der Waals surface area (Å²) in [5.41, 5.74) is 1.63. The highest BCUT2D eigenvalue weighted by atomic mass is 35.5. The summed E-state index contributed by atoms with van der Waals surface area (Å²) >= 11 is 5.80. The van der Waals surface area contributed by atoms with Gasteiger partial charge in [-0.1, -0.05) is 11.6 Å². The molecule has 1 fully saturated rings. The Morgan fingerprint density at radius 3 is 2.37 bits per heavy atom. The summed E-state index contributed by atoms with van der Waals surface area (Å²) in [5, 5.41) is 3.22. The number of anilines is 2. The van der Waals surface area contributed by atoms with Crippen molar-refractivity contribution in [2.75, 3.05) is 16.8 Å². The second kappa shape index (κ2) is 8.22. The maximum absolute atomic E-state index is 12.3. The number of hydrogen-bond acceptors (Lipinski definition) is 4. The van der Waals surface area contributed by atoms with Gasteiger partial charge in [0, 0.05) is 29.4 Å². The Hall–Kier alpha value is -2.86. The first-order chi connectivity index (χ1) is 12.9. The van der Waals surface area contributed by atoms with Crippen molar-refractivity contribution < 1.29 is 19.1 Å². The maximum Gasteiger partial charge on any atom is 0.338 e. The lowest BCUT2D eigenvalue weighted by molar-refractivity contribution is -0.123. The maximum atomic E-state index is 12.3. The van der Waals surface area contributed by atoms with Crippen LogP contribution >= 0.6 is 11.6 Å². The molecule has 7 heteroatoms. The lowest BCUT2D eigenvalue weighted by atomic mass is 10.2. The van der Waals surface area contributed by atoms with Crippen molar-refractivity contribution in [2.24, 2.45) is 0 Å². The molecule has 1 heterocycles. The molecule has 3 rings (SSSR count). The van der Waals surface area contributed by atoms with Crippen LogP contribution in [0.1, 0.15) is 30.1 Å². The Morgan fingerprint density at radius 1 is 1.11 bits per heavy atom. The van der Waals surface area contributed by atoms with Gasteiger partial charge in [0.1, 0.15) is 0 Å². The number of hydrogen-bond donors (Lipinski definition) is 1. The van der Waals surface area contributed by atoms with E-state index < -0.39 is 18.0 Å². The van der Waals surface area contributed by atoms with Gasteiger partial charge >= 0.3 is 5.97 Å². The normalized spacial score (nSPS) is 14.7. The molecule has 0 saturated carbocycles. The number of benzene rings is 2. The number of halogens is 1. The van der Waals surface area contributed by atoms with Crippen molar-refractivity contribution in [3.63, 3.8) is 0 Å². The molecule has 0 radical (unpaired) electrons. The average Bonchev–Trinajstić information content (AvgIpc) is 3.09. The number of ether oxygens (including phenoxy) is 1. The van der Waals surface area contributed by atoms with Crippen LogP contribution in [-0.2, 0) is 14.3 Å². The van der Waals surface area contributed by atoms with E-state index in [0.29, 0.717) is 29.2 Å². The molecule has 140 valence electrons. The predicted molar refractivity (Wildman–Crippen MR) is 103 cm³/mol. The molecule has 2 amide bonds. The molecule has 1 atom stereocenters. The smallest absolute Gasteiger partial charge is 0.338 e. The van der Waals surface area contributed by atoms with E-state index in [1.807, 2.05) is 0 Å². The number of nitrogens with one attached hydrogen (secondary N) is 1. The third-order valence-electron chi connectivity index (χ3n) is 4.25. The van der Waals surface area contributed by atoms with Crippen LogP contribution in [0.4, 0.5) is 11.4 Å². The molecule has 0 aromatic heterocycles. The van der Waals surface area contributed by atoms with Gasteiger partial charge in [0.05, 0.1) is 5.56 Å². The van der Waals surface area contributed by atoms with Crippen LogP contribution in [0.25, 0.3) is 0 Å². The largest absolute Gasteiger partial charge is 0.449 e. The van der Waals surface area contributed by atoms with Gasteiger partial charge < -0.3 is 15.0 Å². The highest BCUT2D eigenvalue weighted by molar-refractivity contribution is 6.30. The van der Waals surface area contributed by atoms with Crippen LogP contribution < -0.4 is 10.2 Å². The van der Waals surface area contributed by atoms with E-state index in [4.69, 9.17) is 16.3 Å². The number of carbonyl (C=O) groups is 3. The topological polar surface area (TPSA) is 75.7 Å². The summed E-state index contributed by atoms with van der Waals surface area (Å²) < 4.78 is 5.22. The van der Waals surface area contributed by atoms with Crippen molar-refractivity contribution in [3.8, 4) is 0 Å². The molecule has 2 aromatic carbocycles. The van der Waals surface area contributed by atoms with Gasteiger partial charge in [-0.25, -0.2) is 4.79 Å². The second-order valence-corrected chi connectivity index (χ2v) is 6.68. The number of amides is 2. The summed E-state index contributed by atoms with van der Waals surface area (Å²) in [7, 11) is 0. The summed E-state index contributed by atoms with van der Waals surface area (Å²) in [5.74, 6) is -0.962. The van der Waals surface area contributed by atoms with Crippen LogP contribution in [0.3, 0.4) is 0 Å². The zero-order valence-corrected chi connectivity index (χ0v) is 15.5. The zero-order valence-electron chi connectivity index (χ0n) is 14.8. The molecule has 1 unspecified atom stereocenters. The van der Waals surface area contributed by atoms with Crippen molar-refractivity contribution in [2.45, 2.75) is 25.9 Å². The Kier molecular flexibility index (Phi) is 5.76. The van der Waals surface area contributed by atoms with Gasteiger partial charge in [-0.15, -0.1) is 0 Å². The Bertz CT molecular complexity index is 849. The standard InChI is InChI=1S/C20H19ClN2O4/c1-13(19(25)22-16-8-6-15(21)7-9-16)27-20(26)14-4-10-17(11-5-14)23-12-2-3-18(23)24/h4-11,13H,2-3,12H2,1H3,(H,22,25). The second-order valence-electron chi connectivity index (χ2n) is 6.24. The zero-order chi connectivity index (χ0) is 19.4. The number of carbonyl (C=O) groups excluding carboxylic acids is 3. The van der Waals surface area contributed by atoms with Gasteiger partial charge in [0.15, 0.2) is 6.10 Å². The van der Waals surface area contributed by atoms with Gasteiger partial charge in [0.2, 0.25) is 5.91 Å². The molecule has 27 heavy (non-hydrogen) atoms. The van der Waals surface area contributed by atoms with Crippen molar-refractivity contribution in [3.05, 3.63) is 59.1 Å². The molecule has 1 aliphatic rings. The van der Waals surface area contributed by atoms with Crippen LogP contribution in [0, 0.1) is 0 Å². The minimum atomic E-state index is -0.965. The van der Waals surface area contributed by atoms with Crippen molar-refractivity contribution in [1.82, 2.24) is 0 Å². The fourth-order valence-corrected chi connectivity index (χ4v) is 2.88. The lowest BCUT2D eigenvalue weighted by Gasteiger charge is -2.16. The van der Waals surface area contributed by atoms with E-state index in [9.17, 15) is 14.4 Å². The van der Waals surface area contributed by atoms with Crippen LogP contribution in [0.2, 0.25) is 5.02 Å². The minimum absolute atomic E-state index is 0.0813. The minimum Gasteiger partial charge on any atom is -0.449 e. The van der Waals surface area contributed by atoms with E-state index >= 15 is 0 Å². The molecule has 2 aromatic rings. The fourth-order valence-electron chi connectivity index (χ4n) is 2.76. The van der Waals surface area contributed by atoms with E-state index in [0.717, 1.165) is 12.1 Å². The highest BCUT2D eigenvalue weighted by Gasteiger charge is 2.23. The van der Waals surface area contributed by atoms with Crippen LogP contribution in [-0.4, -0.2) is 30.4 Å². The first kappa shape index (κ1) is 18.9. The molecule has 0 aliphatic carbocycles. The SMILES string of the molecule is CC(OC(=O)c1ccc(N2CCCC2=O)cc1)C(=O)Nc1ccc(Cl)cc1. The van der Waals surface area contributed by atoms with Crippen molar-refractivity contribution >= 4 is 40.8 Å². The number of esters is 1. The molecule has 1 saturated heterocycles. The molecule has 0 spiro atoms. The predicted octanol–water partition coefficient (Wildman–Crippen LogP) is 3.65. The molecule has 0 bridgehead atoms. The van der Waals surface area contributed by atoms with E-state index in [1.165, 1.54) is 6.92 Å².